The standard InChI is InChI=1S/C11H22N2.2C10H20N2.2C10H19NO.C10H19N.C9H15N3/c1-10(2)13-8-7-12-6-4-3-5-11(12)9-13;2*1-9(2)12-7-6-11-5-3-4-10(11)8-12;1-8(2)11-5-3-10-9(7-11)4-6-12-10;1-8(2)11-5-3-9-4-6-12-10(9)7-11;1-8(2)11-6-9-4-3-5-10(9)7-11;1-8(2)12-6-5-11-4-3-10-9(11)7-12/h10-11H,3-9H2,1-2H3;2*9-10H,3-8H2,1-2H3;2*8-10H,3-7H2,1-2H3;8-10H,3-7H2,1-2H3;3-4,8H,5-7H2,1-2H3. The summed E-state index contributed by atoms with van der Waals surface area (Å²) in [5, 5.41) is 0. The predicted octanol–water partition coefficient (Wildman–Crippen LogP) is 10.2. The highest BCUT2D eigenvalue weighted by molar-refractivity contribution is 4.97. The maximum atomic E-state index is 5.70. The van der Waals surface area contributed by atoms with Crippen molar-refractivity contribution in [1.29, 1.82) is 0 Å². The Labute approximate surface area is 517 Å². The van der Waals surface area contributed by atoms with Gasteiger partial charge in [0.1, 0.15) is 5.82 Å². The summed E-state index contributed by atoms with van der Waals surface area (Å²) in [5.41, 5.74) is 0. The second-order valence-electron chi connectivity index (χ2n) is 30.4. The molecule has 12 aliphatic heterocycles. The maximum absolute atomic E-state index is 5.70. The third-order valence-electron chi connectivity index (χ3n) is 22.8. The summed E-state index contributed by atoms with van der Waals surface area (Å²) in [6.45, 7) is 60.9. The van der Waals surface area contributed by atoms with Crippen LogP contribution < -0.4 is 0 Å². The molecule has 14 heteroatoms. The van der Waals surface area contributed by atoms with Crippen LogP contribution in [0.2, 0.25) is 0 Å². The third kappa shape index (κ3) is 20.1. The normalized spacial score (nSPS) is 32.6. The molecule has 1 aromatic heterocycles. The van der Waals surface area contributed by atoms with Gasteiger partial charge in [0.15, 0.2) is 0 Å². The summed E-state index contributed by atoms with van der Waals surface area (Å²) in [4.78, 5) is 30.4. The van der Waals surface area contributed by atoms with Crippen molar-refractivity contribution in [2.24, 2.45) is 23.7 Å². The van der Waals surface area contributed by atoms with E-state index in [0.717, 1.165) is 98.8 Å². The number of hydrogen-bond donors (Lipinski definition) is 0. The minimum absolute atomic E-state index is 0.557. The van der Waals surface area contributed by atoms with E-state index in [4.69, 9.17) is 9.47 Å². The van der Waals surface area contributed by atoms with Crippen LogP contribution in [-0.4, -0.2) is 269 Å². The van der Waals surface area contributed by atoms with Crippen LogP contribution in [0.5, 0.6) is 0 Å². The SMILES string of the molecule is CC(C)N1CC2CCCC2C1.CC(C)N1CCC2CCOC2C1.CC(C)N1CCC2OCCC2C1.CC(C)N1CCN2CCCC2C1.CC(C)N1CCN2CCCC2C1.CC(C)N1CCN2CCCCC2C1.CC(C)N1CCn2ccnc2C1. The fourth-order valence-corrected chi connectivity index (χ4v) is 16.7. The molecule has 9 atom stereocenters. The van der Waals surface area contributed by atoms with E-state index in [2.05, 4.69) is 162 Å². The fraction of sp³-hybridized carbons (Fsp3) is 0.957. The molecule has 1 aromatic rings. The number of piperidine rings is 3. The van der Waals surface area contributed by atoms with E-state index in [0.29, 0.717) is 30.3 Å². The van der Waals surface area contributed by atoms with E-state index in [-0.39, 0.29) is 0 Å². The average molecular weight is 1180 g/mol. The molecule has 1 saturated carbocycles. The second-order valence-corrected chi connectivity index (χ2v) is 30.4. The number of nitrogens with zero attached hydrogens (tertiary/aromatic N) is 12. The van der Waals surface area contributed by atoms with Crippen molar-refractivity contribution >= 4 is 0 Å². The Bertz CT molecular complexity index is 1810. The number of piperazine rings is 3. The van der Waals surface area contributed by atoms with E-state index >= 15 is 0 Å². The molecule has 12 fully saturated rings. The number of ether oxygens (including phenoxy) is 2. The fourth-order valence-electron chi connectivity index (χ4n) is 16.7. The van der Waals surface area contributed by atoms with Gasteiger partial charge in [0.25, 0.3) is 0 Å². The molecule has 0 bridgehead atoms. The van der Waals surface area contributed by atoms with Crippen LogP contribution in [0.3, 0.4) is 0 Å². The van der Waals surface area contributed by atoms with Gasteiger partial charge in [-0.3, -0.25) is 39.2 Å². The van der Waals surface area contributed by atoms with E-state index in [1.54, 1.807) is 0 Å². The molecule has 0 amide bonds. The predicted molar refractivity (Wildman–Crippen MR) is 352 cm³/mol. The van der Waals surface area contributed by atoms with Crippen molar-refractivity contribution in [3.63, 3.8) is 0 Å². The van der Waals surface area contributed by atoms with Gasteiger partial charge in [-0.05, 0) is 218 Å². The van der Waals surface area contributed by atoms with Gasteiger partial charge < -0.3 is 23.8 Å². The zero-order chi connectivity index (χ0) is 59.9. The molecule has 486 valence electrons. The van der Waals surface area contributed by atoms with Gasteiger partial charge in [0.05, 0.1) is 18.8 Å². The van der Waals surface area contributed by atoms with Crippen LogP contribution in [0.25, 0.3) is 0 Å². The van der Waals surface area contributed by atoms with E-state index in [1.807, 2.05) is 6.20 Å². The largest absolute Gasteiger partial charge is 0.378 e. The lowest BCUT2D eigenvalue weighted by molar-refractivity contribution is 0.0154. The number of aromatic nitrogens is 2. The van der Waals surface area contributed by atoms with Crippen molar-refractivity contribution < 1.29 is 9.47 Å². The topological polar surface area (TPSA) is 68.7 Å². The van der Waals surface area contributed by atoms with Crippen LogP contribution >= 0.6 is 0 Å². The number of rotatable bonds is 7. The van der Waals surface area contributed by atoms with Crippen LogP contribution in [0, 0.1) is 23.7 Å². The molecule has 14 nitrogen and oxygen atoms in total. The lowest BCUT2D eigenvalue weighted by Gasteiger charge is -2.45. The van der Waals surface area contributed by atoms with E-state index < -0.39 is 0 Å². The molecule has 0 spiro atoms. The summed E-state index contributed by atoms with van der Waals surface area (Å²) < 4.78 is 13.6. The second kappa shape index (κ2) is 34.2. The Morgan fingerprint density at radius 1 is 0.333 bits per heavy atom. The number of fused-ring (bicyclic) bond motifs is 7. The minimum Gasteiger partial charge on any atom is -0.378 e. The first-order chi connectivity index (χ1) is 40.4. The Balaban J connectivity index is 0.000000128. The molecule has 0 radical (unpaired) electrons. The van der Waals surface area contributed by atoms with Crippen molar-refractivity contribution in [3.05, 3.63) is 18.2 Å². The minimum atomic E-state index is 0.557. The van der Waals surface area contributed by atoms with Crippen LogP contribution in [-0.2, 0) is 22.6 Å². The van der Waals surface area contributed by atoms with Crippen molar-refractivity contribution in [1.82, 2.24) is 58.6 Å². The molecule has 84 heavy (non-hydrogen) atoms. The molecule has 0 aromatic carbocycles. The summed E-state index contributed by atoms with van der Waals surface area (Å²) in [6.07, 6.45) is 24.8. The molecule has 1 aliphatic carbocycles. The van der Waals surface area contributed by atoms with Crippen LogP contribution in [0.4, 0.5) is 0 Å². The van der Waals surface area contributed by atoms with Gasteiger partial charge in [-0.2, -0.15) is 0 Å². The van der Waals surface area contributed by atoms with Crippen molar-refractivity contribution in [3.8, 4) is 0 Å². The van der Waals surface area contributed by atoms with Gasteiger partial charge in [-0.15, -0.1) is 0 Å². The number of hydrogen-bond acceptors (Lipinski definition) is 13. The zero-order valence-electron chi connectivity index (χ0n) is 57.2. The highest BCUT2D eigenvalue weighted by Gasteiger charge is 2.39. The van der Waals surface area contributed by atoms with Gasteiger partial charge in [-0.25, -0.2) is 4.98 Å². The lowest BCUT2D eigenvalue weighted by atomic mass is 9.93. The van der Waals surface area contributed by atoms with E-state index in [9.17, 15) is 0 Å². The highest BCUT2D eigenvalue weighted by atomic mass is 16.5. The summed E-state index contributed by atoms with van der Waals surface area (Å²) in [6, 6.07) is 7.70. The highest BCUT2D eigenvalue weighted by Crippen LogP contribution is 2.38. The first kappa shape index (κ1) is 68.6. The Morgan fingerprint density at radius 3 is 1.29 bits per heavy atom. The first-order valence-electron chi connectivity index (χ1n) is 36.0. The molecule has 13 aliphatic rings. The zero-order valence-corrected chi connectivity index (χ0v) is 57.2. The van der Waals surface area contributed by atoms with Gasteiger partial charge >= 0.3 is 0 Å². The molecule has 0 N–H and O–H groups in total. The number of imidazole rings is 1. The summed E-state index contributed by atoms with van der Waals surface area (Å²) in [5.74, 6) is 5.05. The average Bonchev–Trinajstić information content (AvgIpc) is 4.52. The van der Waals surface area contributed by atoms with Gasteiger partial charge in [0, 0.05) is 197 Å². The third-order valence-corrected chi connectivity index (χ3v) is 22.8. The van der Waals surface area contributed by atoms with Crippen LogP contribution in [0.1, 0.15) is 193 Å². The van der Waals surface area contributed by atoms with Gasteiger partial charge in [0.2, 0.25) is 0 Å². The molecular weight excluding hydrogens is 1040 g/mol. The molecule has 11 saturated heterocycles. The maximum Gasteiger partial charge on any atom is 0.122 e. The Kier molecular flexibility index (Phi) is 28.0. The first-order valence-corrected chi connectivity index (χ1v) is 36.0. The van der Waals surface area contributed by atoms with Gasteiger partial charge in [-0.1, -0.05) is 12.8 Å². The molecule has 14 rings (SSSR count). The summed E-state index contributed by atoms with van der Waals surface area (Å²) in [7, 11) is 0. The Morgan fingerprint density at radius 2 is 0.762 bits per heavy atom. The molecule has 13 heterocycles. The number of likely N-dealkylation sites (tertiary alicyclic amines) is 3. The quantitative estimate of drug-likeness (QED) is 0.261. The van der Waals surface area contributed by atoms with Crippen LogP contribution in [0.15, 0.2) is 12.4 Å². The molecular formula is C70H134N12O2. The molecule has 9 unspecified atom stereocenters. The van der Waals surface area contributed by atoms with Crippen molar-refractivity contribution in [2.75, 3.05) is 138 Å². The summed E-state index contributed by atoms with van der Waals surface area (Å²) >= 11 is 0. The lowest BCUT2D eigenvalue weighted by Crippen LogP contribution is -2.56. The monoisotopic (exact) mass is 1180 g/mol. The smallest absolute Gasteiger partial charge is 0.122 e. The van der Waals surface area contributed by atoms with Crippen molar-refractivity contribution in [2.45, 2.75) is 273 Å². The van der Waals surface area contributed by atoms with E-state index in [1.165, 1.54) is 214 Å². The Hall–Kier alpha value is -1.27.